The molecule has 0 bridgehead atoms. The van der Waals surface area contributed by atoms with Crippen molar-refractivity contribution in [3.8, 4) is 0 Å². The number of likely N-dealkylation sites (tertiary alicyclic amines) is 1. The molecular formula is C17H19Cl2NO2. The van der Waals surface area contributed by atoms with Gasteiger partial charge in [-0.3, -0.25) is 4.79 Å². The van der Waals surface area contributed by atoms with Gasteiger partial charge in [0.2, 0.25) is 5.91 Å². The number of piperidine rings is 1. The summed E-state index contributed by atoms with van der Waals surface area (Å²) in [4.78, 5) is 25.4. The van der Waals surface area contributed by atoms with Crippen LogP contribution in [0.2, 0.25) is 10.0 Å². The van der Waals surface area contributed by atoms with Crippen LogP contribution in [0.3, 0.4) is 0 Å². The van der Waals surface area contributed by atoms with Crippen molar-refractivity contribution >= 4 is 35.4 Å². The molecular weight excluding hydrogens is 321 g/mol. The average molecular weight is 340 g/mol. The molecule has 5 heteroatoms. The van der Waals surface area contributed by atoms with Crippen molar-refractivity contribution in [3.05, 3.63) is 33.8 Å². The van der Waals surface area contributed by atoms with Crippen molar-refractivity contribution in [3.63, 3.8) is 0 Å². The number of carbonyl (C=O) groups is 2. The molecule has 2 aliphatic rings. The zero-order valence-electron chi connectivity index (χ0n) is 12.4. The molecule has 1 saturated carbocycles. The fourth-order valence-corrected chi connectivity index (χ4v) is 3.62. The summed E-state index contributed by atoms with van der Waals surface area (Å²) in [5.41, 5.74) is 0.668. The third-order valence-corrected chi connectivity index (χ3v) is 5.58. The van der Waals surface area contributed by atoms with E-state index < -0.39 is 0 Å². The highest BCUT2D eigenvalue weighted by atomic mass is 35.5. The summed E-state index contributed by atoms with van der Waals surface area (Å²) >= 11 is 12.2. The number of aldehydes is 1. The minimum atomic E-state index is -0.335. The number of rotatable bonds is 5. The van der Waals surface area contributed by atoms with Crippen molar-refractivity contribution in [2.45, 2.75) is 37.5 Å². The van der Waals surface area contributed by atoms with Crippen LogP contribution >= 0.6 is 23.2 Å². The number of hydrogen-bond acceptors (Lipinski definition) is 2. The number of carbonyl (C=O) groups excluding carboxylic acids is 2. The molecule has 2 fully saturated rings. The van der Waals surface area contributed by atoms with Crippen molar-refractivity contribution < 1.29 is 9.59 Å². The van der Waals surface area contributed by atoms with Gasteiger partial charge >= 0.3 is 0 Å². The van der Waals surface area contributed by atoms with Gasteiger partial charge in [-0.05, 0) is 42.9 Å². The molecule has 1 aromatic rings. The molecule has 1 aliphatic heterocycles. The van der Waals surface area contributed by atoms with Gasteiger partial charge in [-0.15, -0.1) is 0 Å². The molecule has 0 N–H and O–H groups in total. The van der Waals surface area contributed by atoms with Gasteiger partial charge in [-0.25, -0.2) is 0 Å². The maximum atomic E-state index is 12.2. The first-order valence-corrected chi connectivity index (χ1v) is 8.47. The minimum absolute atomic E-state index is 0.202. The highest BCUT2D eigenvalue weighted by molar-refractivity contribution is 6.42. The van der Waals surface area contributed by atoms with E-state index in [0.29, 0.717) is 41.8 Å². The Bertz CT molecular complexity index is 600. The lowest BCUT2D eigenvalue weighted by molar-refractivity contribution is -0.136. The summed E-state index contributed by atoms with van der Waals surface area (Å²) in [6, 6.07) is 5.55. The average Bonchev–Trinajstić information content (AvgIpc) is 3.30. The van der Waals surface area contributed by atoms with E-state index in [1.54, 1.807) is 6.07 Å². The molecule has 1 aromatic carbocycles. The molecule has 0 spiro atoms. The Balaban J connectivity index is 1.90. The Hall–Kier alpha value is -1.06. The monoisotopic (exact) mass is 339 g/mol. The summed E-state index contributed by atoms with van der Waals surface area (Å²) in [6.07, 6.45) is 4.94. The first kappa shape index (κ1) is 15.8. The first-order chi connectivity index (χ1) is 10.5. The third kappa shape index (κ3) is 3.16. The number of benzene rings is 1. The van der Waals surface area contributed by atoms with Crippen molar-refractivity contribution in [1.29, 1.82) is 0 Å². The lowest BCUT2D eigenvalue weighted by Gasteiger charge is -2.42. The highest BCUT2D eigenvalue weighted by Crippen LogP contribution is 2.40. The van der Waals surface area contributed by atoms with Crippen molar-refractivity contribution in [2.24, 2.45) is 5.92 Å². The van der Waals surface area contributed by atoms with E-state index in [1.807, 2.05) is 17.0 Å². The second-order valence-electron chi connectivity index (χ2n) is 6.50. The second kappa shape index (κ2) is 6.21. The standard InChI is InChI=1S/C17H19Cl2NO2/c18-14-4-3-13(9-15(14)19)17(7-8-21)6-5-16(22)20(11-17)10-12-1-2-12/h3-4,8-9,12H,1-2,5-7,10-11H2/t17-/m1/s1. The Morgan fingerprint density at radius 3 is 2.68 bits per heavy atom. The van der Waals surface area contributed by atoms with Crippen LogP contribution in [0.25, 0.3) is 0 Å². The summed E-state index contributed by atoms with van der Waals surface area (Å²) < 4.78 is 0. The summed E-state index contributed by atoms with van der Waals surface area (Å²) in [5.74, 6) is 0.846. The summed E-state index contributed by atoms with van der Waals surface area (Å²) in [5, 5.41) is 1.00. The fraction of sp³-hybridized carbons (Fsp3) is 0.529. The van der Waals surface area contributed by atoms with E-state index in [0.717, 1.165) is 18.4 Å². The van der Waals surface area contributed by atoms with Gasteiger partial charge in [-0.1, -0.05) is 29.3 Å². The van der Waals surface area contributed by atoms with Gasteiger partial charge in [0.05, 0.1) is 10.0 Å². The molecule has 22 heavy (non-hydrogen) atoms. The molecule has 0 aromatic heterocycles. The Kier molecular flexibility index (Phi) is 4.47. The van der Waals surface area contributed by atoms with E-state index in [1.165, 1.54) is 12.8 Å². The Morgan fingerprint density at radius 1 is 1.27 bits per heavy atom. The normalized spacial score (nSPS) is 25.4. The predicted molar refractivity (Wildman–Crippen MR) is 87.4 cm³/mol. The number of amides is 1. The van der Waals surface area contributed by atoms with Crippen LogP contribution in [0.4, 0.5) is 0 Å². The van der Waals surface area contributed by atoms with Gasteiger partial charge in [0.15, 0.2) is 0 Å². The fourth-order valence-electron chi connectivity index (χ4n) is 3.32. The largest absolute Gasteiger partial charge is 0.342 e. The van der Waals surface area contributed by atoms with E-state index in [-0.39, 0.29) is 11.3 Å². The van der Waals surface area contributed by atoms with Crippen molar-refractivity contribution in [1.82, 2.24) is 4.90 Å². The van der Waals surface area contributed by atoms with Crippen LogP contribution in [0.1, 0.15) is 37.7 Å². The molecule has 1 heterocycles. The second-order valence-corrected chi connectivity index (χ2v) is 7.31. The van der Waals surface area contributed by atoms with Crippen LogP contribution in [0.5, 0.6) is 0 Å². The van der Waals surface area contributed by atoms with Crippen LogP contribution < -0.4 is 0 Å². The van der Waals surface area contributed by atoms with Crippen LogP contribution in [-0.4, -0.2) is 30.2 Å². The Labute approximate surface area is 140 Å². The summed E-state index contributed by atoms with van der Waals surface area (Å²) in [6.45, 7) is 1.42. The first-order valence-electron chi connectivity index (χ1n) is 7.71. The quantitative estimate of drug-likeness (QED) is 0.764. The van der Waals surface area contributed by atoms with Crippen LogP contribution in [0, 0.1) is 5.92 Å². The molecule has 0 radical (unpaired) electrons. The molecule has 3 nitrogen and oxygen atoms in total. The van der Waals surface area contributed by atoms with E-state index in [2.05, 4.69) is 0 Å². The molecule has 1 atom stereocenters. The molecule has 1 amide bonds. The topological polar surface area (TPSA) is 37.4 Å². The predicted octanol–water partition coefficient (Wildman–Crippen LogP) is 3.85. The maximum absolute atomic E-state index is 12.2. The molecule has 1 saturated heterocycles. The zero-order chi connectivity index (χ0) is 15.7. The minimum Gasteiger partial charge on any atom is -0.342 e. The number of halogens is 2. The van der Waals surface area contributed by atoms with E-state index in [4.69, 9.17) is 23.2 Å². The van der Waals surface area contributed by atoms with Crippen molar-refractivity contribution in [2.75, 3.05) is 13.1 Å². The van der Waals surface area contributed by atoms with Crippen LogP contribution in [-0.2, 0) is 15.0 Å². The molecule has 0 unspecified atom stereocenters. The SMILES string of the molecule is O=CC[C@]1(c2ccc(Cl)c(Cl)c2)CCC(=O)N(CC2CC2)C1. The Morgan fingerprint density at radius 2 is 2.05 bits per heavy atom. The summed E-state index contributed by atoms with van der Waals surface area (Å²) in [7, 11) is 0. The van der Waals surface area contributed by atoms with Gasteiger partial charge in [0, 0.05) is 31.3 Å². The van der Waals surface area contributed by atoms with E-state index >= 15 is 0 Å². The smallest absolute Gasteiger partial charge is 0.222 e. The zero-order valence-corrected chi connectivity index (χ0v) is 13.9. The highest BCUT2D eigenvalue weighted by Gasteiger charge is 2.41. The maximum Gasteiger partial charge on any atom is 0.222 e. The van der Waals surface area contributed by atoms with Gasteiger partial charge in [0.1, 0.15) is 6.29 Å². The lowest BCUT2D eigenvalue weighted by atomic mass is 9.72. The lowest BCUT2D eigenvalue weighted by Crippen LogP contribution is -2.49. The number of nitrogens with zero attached hydrogens (tertiary/aromatic N) is 1. The van der Waals surface area contributed by atoms with Gasteiger partial charge < -0.3 is 9.69 Å². The molecule has 3 rings (SSSR count). The van der Waals surface area contributed by atoms with Gasteiger partial charge in [0.25, 0.3) is 0 Å². The van der Waals surface area contributed by atoms with E-state index in [9.17, 15) is 9.59 Å². The third-order valence-electron chi connectivity index (χ3n) is 4.85. The van der Waals surface area contributed by atoms with Gasteiger partial charge in [-0.2, -0.15) is 0 Å². The molecule has 1 aliphatic carbocycles. The number of hydrogen-bond donors (Lipinski definition) is 0. The van der Waals surface area contributed by atoms with Crippen LogP contribution in [0.15, 0.2) is 18.2 Å². The molecule has 118 valence electrons.